The van der Waals surface area contributed by atoms with Gasteiger partial charge in [0.2, 0.25) is 0 Å². The number of furan rings is 1. The first kappa shape index (κ1) is 9.09. The molecule has 0 atom stereocenters. The standard InChI is InChI=1S/C11H14N2O/c1-2-13-6-8-7-14-10-5-3-4-9(12)11(8)10/h3-5,7,13H,2,6,12H2,1H3. The fraction of sp³-hybridized carbons (Fsp3) is 0.273. The van der Waals surface area contributed by atoms with Crippen molar-refractivity contribution in [2.24, 2.45) is 0 Å². The minimum Gasteiger partial charge on any atom is -0.464 e. The molecule has 0 radical (unpaired) electrons. The number of hydrogen-bond donors (Lipinski definition) is 2. The predicted octanol–water partition coefficient (Wildman–Crippen LogP) is 2.12. The lowest BCUT2D eigenvalue weighted by atomic mass is 10.1. The van der Waals surface area contributed by atoms with Crippen molar-refractivity contribution in [3.63, 3.8) is 0 Å². The number of nitrogens with two attached hydrogens (primary N) is 1. The van der Waals surface area contributed by atoms with Gasteiger partial charge in [0.1, 0.15) is 5.58 Å². The van der Waals surface area contributed by atoms with Gasteiger partial charge >= 0.3 is 0 Å². The third-order valence-corrected chi connectivity index (χ3v) is 2.27. The van der Waals surface area contributed by atoms with Crippen LogP contribution < -0.4 is 11.1 Å². The van der Waals surface area contributed by atoms with Crippen LogP contribution in [0, 0.1) is 0 Å². The summed E-state index contributed by atoms with van der Waals surface area (Å²) in [6.45, 7) is 3.82. The molecule has 0 bridgehead atoms. The molecule has 0 amide bonds. The van der Waals surface area contributed by atoms with Crippen LogP contribution in [0.4, 0.5) is 5.69 Å². The highest BCUT2D eigenvalue weighted by molar-refractivity contribution is 5.92. The molecule has 0 unspecified atom stereocenters. The van der Waals surface area contributed by atoms with Gasteiger partial charge in [-0.25, -0.2) is 0 Å². The minimum atomic E-state index is 0.782. The summed E-state index contributed by atoms with van der Waals surface area (Å²) in [5.74, 6) is 0. The summed E-state index contributed by atoms with van der Waals surface area (Å²) in [4.78, 5) is 0. The van der Waals surface area contributed by atoms with Crippen molar-refractivity contribution >= 4 is 16.7 Å². The van der Waals surface area contributed by atoms with E-state index in [1.54, 1.807) is 6.26 Å². The lowest BCUT2D eigenvalue weighted by Gasteiger charge is -2.00. The summed E-state index contributed by atoms with van der Waals surface area (Å²) < 4.78 is 5.41. The van der Waals surface area contributed by atoms with Crippen molar-refractivity contribution in [2.75, 3.05) is 12.3 Å². The fourth-order valence-electron chi connectivity index (χ4n) is 1.57. The third kappa shape index (κ3) is 1.46. The Morgan fingerprint density at radius 2 is 2.29 bits per heavy atom. The molecule has 3 heteroatoms. The Hall–Kier alpha value is -1.48. The van der Waals surface area contributed by atoms with Crippen LogP contribution in [-0.2, 0) is 6.54 Å². The summed E-state index contributed by atoms with van der Waals surface area (Å²) in [7, 11) is 0. The lowest BCUT2D eigenvalue weighted by molar-refractivity contribution is 0.604. The number of hydrogen-bond acceptors (Lipinski definition) is 3. The Labute approximate surface area is 82.9 Å². The van der Waals surface area contributed by atoms with Crippen LogP contribution in [-0.4, -0.2) is 6.54 Å². The third-order valence-electron chi connectivity index (χ3n) is 2.27. The minimum absolute atomic E-state index is 0.782. The van der Waals surface area contributed by atoms with E-state index in [4.69, 9.17) is 10.2 Å². The Bertz CT molecular complexity index is 434. The van der Waals surface area contributed by atoms with Crippen LogP contribution in [0.1, 0.15) is 12.5 Å². The molecule has 74 valence electrons. The van der Waals surface area contributed by atoms with E-state index in [-0.39, 0.29) is 0 Å². The van der Waals surface area contributed by atoms with Gasteiger partial charge < -0.3 is 15.5 Å². The van der Waals surface area contributed by atoms with E-state index in [2.05, 4.69) is 12.2 Å². The Balaban J connectivity index is 2.45. The first-order valence-electron chi connectivity index (χ1n) is 4.78. The summed E-state index contributed by atoms with van der Waals surface area (Å²) in [5.41, 5.74) is 8.65. The average Bonchev–Trinajstić information content (AvgIpc) is 2.59. The average molecular weight is 190 g/mol. The highest BCUT2D eigenvalue weighted by atomic mass is 16.3. The molecule has 3 N–H and O–H groups in total. The van der Waals surface area contributed by atoms with Gasteiger partial charge in [-0.15, -0.1) is 0 Å². The van der Waals surface area contributed by atoms with Gasteiger partial charge in [-0.05, 0) is 18.7 Å². The molecule has 2 rings (SSSR count). The van der Waals surface area contributed by atoms with E-state index in [0.717, 1.165) is 35.3 Å². The molecular formula is C11H14N2O. The Kier molecular flexibility index (Phi) is 2.41. The monoisotopic (exact) mass is 190 g/mol. The molecule has 0 spiro atoms. The molecule has 0 aliphatic rings. The number of benzene rings is 1. The van der Waals surface area contributed by atoms with Crippen molar-refractivity contribution in [3.8, 4) is 0 Å². The van der Waals surface area contributed by atoms with E-state index in [0.29, 0.717) is 0 Å². The Morgan fingerprint density at radius 3 is 3.07 bits per heavy atom. The molecule has 0 saturated heterocycles. The van der Waals surface area contributed by atoms with Crippen molar-refractivity contribution < 1.29 is 4.42 Å². The van der Waals surface area contributed by atoms with Crippen molar-refractivity contribution in [1.29, 1.82) is 0 Å². The number of rotatable bonds is 3. The maximum absolute atomic E-state index is 5.89. The molecule has 3 nitrogen and oxygen atoms in total. The smallest absolute Gasteiger partial charge is 0.136 e. The first-order valence-corrected chi connectivity index (χ1v) is 4.78. The highest BCUT2D eigenvalue weighted by Crippen LogP contribution is 2.26. The van der Waals surface area contributed by atoms with Gasteiger partial charge in [0.25, 0.3) is 0 Å². The maximum Gasteiger partial charge on any atom is 0.136 e. The largest absolute Gasteiger partial charge is 0.464 e. The fourth-order valence-corrected chi connectivity index (χ4v) is 1.57. The molecule has 0 saturated carbocycles. The Morgan fingerprint density at radius 1 is 1.43 bits per heavy atom. The number of nitrogens with one attached hydrogen (secondary N) is 1. The van der Waals surface area contributed by atoms with Crippen molar-refractivity contribution in [2.45, 2.75) is 13.5 Å². The molecule has 2 aromatic rings. The second kappa shape index (κ2) is 3.72. The first-order chi connectivity index (χ1) is 6.83. The normalized spacial score (nSPS) is 10.9. The number of fused-ring (bicyclic) bond motifs is 1. The van der Waals surface area contributed by atoms with Crippen LogP contribution in [0.3, 0.4) is 0 Å². The van der Waals surface area contributed by atoms with Crippen LogP contribution in [0.5, 0.6) is 0 Å². The number of anilines is 1. The second-order valence-corrected chi connectivity index (χ2v) is 3.26. The molecular weight excluding hydrogens is 176 g/mol. The van der Waals surface area contributed by atoms with Crippen LogP contribution >= 0.6 is 0 Å². The predicted molar refractivity (Wildman–Crippen MR) is 58.0 cm³/mol. The lowest BCUT2D eigenvalue weighted by Crippen LogP contribution is -2.11. The zero-order valence-corrected chi connectivity index (χ0v) is 8.21. The van der Waals surface area contributed by atoms with Crippen molar-refractivity contribution in [3.05, 3.63) is 30.0 Å². The zero-order chi connectivity index (χ0) is 9.97. The van der Waals surface area contributed by atoms with Crippen LogP contribution in [0.15, 0.2) is 28.9 Å². The second-order valence-electron chi connectivity index (χ2n) is 3.26. The van der Waals surface area contributed by atoms with Gasteiger partial charge in [0.05, 0.1) is 6.26 Å². The van der Waals surface area contributed by atoms with Gasteiger partial charge in [-0.2, -0.15) is 0 Å². The summed E-state index contributed by atoms with van der Waals surface area (Å²) in [6.07, 6.45) is 1.77. The molecule has 0 aliphatic heterocycles. The van der Waals surface area contributed by atoms with E-state index in [9.17, 15) is 0 Å². The molecule has 1 aromatic carbocycles. The van der Waals surface area contributed by atoms with E-state index < -0.39 is 0 Å². The van der Waals surface area contributed by atoms with E-state index in [1.807, 2.05) is 18.2 Å². The van der Waals surface area contributed by atoms with Crippen LogP contribution in [0.2, 0.25) is 0 Å². The molecule has 1 heterocycles. The molecule has 14 heavy (non-hydrogen) atoms. The topological polar surface area (TPSA) is 51.2 Å². The van der Waals surface area contributed by atoms with E-state index in [1.165, 1.54) is 0 Å². The quantitative estimate of drug-likeness (QED) is 0.729. The highest BCUT2D eigenvalue weighted by Gasteiger charge is 2.07. The van der Waals surface area contributed by atoms with Gasteiger partial charge in [0.15, 0.2) is 0 Å². The summed E-state index contributed by atoms with van der Waals surface area (Å²) >= 11 is 0. The SMILES string of the molecule is CCNCc1coc2cccc(N)c12. The zero-order valence-electron chi connectivity index (χ0n) is 8.21. The van der Waals surface area contributed by atoms with Gasteiger partial charge in [0, 0.05) is 23.2 Å². The van der Waals surface area contributed by atoms with Crippen LogP contribution in [0.25, 0.3) is 11.0 Å². The van der Waals surface area contributed by atoms with Crippen molar-refractivity contribution in [1.82, 2.24) is 5.32 Å². The maximum atomic E-state index is 5.89. The number of nitrogen functional groups attached to an aromatic ring is 1. The van der Waals surface area contributed by atoms with E-state index >= 15 is 0 Å². The summed E-state index contributed by atoms with van der Waals surface area (Å²) in [5, 5.41) is 4.29. The summed E-state index contributed by atoms with van der Waals surface area (Å²) in [6, 6.07) is 5.73. The molecule has 1 aromatic heterocycles. The molecule has 0 aliphatic carbocycles. The van der Waals surface area contributed by atoms with Gasteiger partial charge in [-0.3, -0.25) is 0 Å². The van der Waals surface area contributed by atoms with Gasteiger partial charge in [-0.1, -0.05) is 13.0 Å². The molecule has 0 fully saturated rings.